The van der Waals surface area contributed by atoms with Gasteiger partial charge in [0.1, 0.15) is 0 Å². The topological polar surface area (TPSA) is 78.1 Å². The lowest BCUT2D eigenvalue weighted by atomic mass is 10.1. The van der Waals surface area contributed by atoms with Gasteiger partial charge in [-0.2, -0.15) is 0 Å². The monoisotopic (exact) mass is 223 g/mol. The Balaban J connectivity index is 2.70. The Hall–Kier alpha value is -1.65. The van der Waals surface area contributed by atoms with Crippen LogP contribution in [0.15, 0.2) is 0 Å². The number of carbonyl (C=O) groups excluding carboxylic acids is 1. The highest BCUT2D eigenvalue weighted by molar-refractivity contribution is 5.69. The van der Waals surface area contributed by atoms with Crippen LogP contribution in [0.5, 0.6) is 0 Å². The average Bonchev–Trinajstić information content (AvgIpc) is 2.16. The van der Waals surface area contributed by atoms with Gasteiger partial charge in [-0.3, -0.25) is 4.79 Å². The van der Waals surface area contributed by atoms with Crippen LogP contribution in [0.1, 0.15) is 30.3 Å². The van der Waals surface area contributed by atoms with Gasteiger partial charge in [0.05, 0.1) is 6.61 Å². The number of nitrogens with zero attached hydrogens (tertiary/aromatic N) is 2. The number of aromatic nitrogens is 2. The fourth-order valence-electron chi connectivity index (χ4n) is 1.59. The van der Waals surface area contributed by atoms with Crippen molar-refractivity contribution in [3.8, 4) is 0 Å². The number of carbonyl (C=O) groups is 1. The molecule has 0 amide bonds. The highest BCUT2D eigenvalue weighted by Gasteiger charge is 2.09. The van der Waals surface area contributed by atoms with E-state index in [2.05, 4.69) is 9.97 Å². The van der Waals surface area contributed by atoms with E-state index < -0.39 is 0 Å². The highest BCUT2D eigenvalue weighted by atomic mass is 16.5. The van der Waals surface area contributed by atoms with E-state index >= 15 is 0 Å². The van der Waals surface area contributed by atoms with Crippen molar-refractivity contribution in [3.05, 3.63) is 17.0 Å². The average molecular weight is 223 g/mol. The summed E-state index contributed by atoms with van der Waals surface area (Å²) in [6.45, 7) is 5.94. The first kappa shape index (κ1) is 12.4. The summed E-state index contributed by atoms with van der Waals surface area (Å²) in [4.78, 5) is 19.4. The summed E-state index contributed by atoms with van der Waals surface area (Å²) in [6, 6.07) is 0. The Kier molecular flexibility index (Phi) is 4.22. The zero-order valence-corrected chi connectivity index (χ0v) is 9.91. The molecule has 5 heteroatoms. The number of nitrogens with two attached hydrogens (primary N) is 1. The SMILES string of the molecule is CCOC(=O)CCc1c(C)nc(N)nc1C. The second-order valence-corrected chi connectivity index (χ2v) is 3.54. The molecule has 0 fully saturated rings. The molecule has 2 N–H and O–H groups in total. The largest absolute Gasteiger partial charge is 0.466 e. The van der Waals surface area contributed by atoms with Crippen molar-refractivity contribution >= 4 is 11.9 Å². The molecular formula is C11H17N3O2. The van der Waals surface area contributed by atoms with Crippen LogP contribution < -0.4 is 5.73 Å². The molecular weight excluding hydrogens is 206 g/mol. The quantitative estimate of drug-likeness (QED) is 0.775. The van der Waals surface area contributed by atoms with Crippen LogP contribution in [-0.2, 0) is 16.0 Å². The van der Waals surface area contributed by atoms with E-state index in [0.717, 1.165) is 17.0 Å². The number of ether oxygens (including phenoxy) is 1. The summed E-state index contributed by atoms with van der Waals surface area (Å²) in [5, 5.41) is 0. The Morgan fingerprint density at radius 1 is 1.31 bits per heavy atom. The fourth-order valence-corrected chi connectivity index (χ4v) is 1.59. The molecule has 0 radical (unpaired) electrons. The molecule has 0 aliphatic rings. The molecule has 5 nitrogen and oxygen atoms in total. The molecule has 0 saturated heterocycles. The summed E-state index contributed by atoms with van der Waals surface area (Å²) in [5.74, 6) is 0.0769. The molecule has 88 valence electrons. The van der Waals surface area contributed by atoms with Gasteiger partial charge in [0, 0.05) is 17.8 Å². The lowest BCUT2D eigenvalue weighted by Gasteiger charge is -2.08. The summed E-state index contributed by atoms with van der Waals surface area (Å²) in [6.07, 6.45) is 0.944. The molecule has 1 heterocycles. The zero-order chi connectivity index (χ0) is 12.1. The third-order valence-electron chi connectivity index (χ3n) is 2.32. The van der Waals surface area contributed by atoms with E-state index in [1.807, 2.05) is 13.8 Å². The van der Waals surface area contributed by atoms with Gasteiger partial charge in [-0.25, -0.2) is 9.97 Å². The standard InChI is InChI=1S/C11H17N3O2/c1-4-16-10(15)6-5-9-7(2)13-11(12)14-8(9)3/h4-6H2,1-3H3,(H2,12,13,14). The van der Waals surface area contributed by atoms with Crippen molar-refractivity contribution < 1.29 is 9.53 Å². The van der Waals surface area contributed by atoms with Crippen LogP contribution in [0.4, 0.5) is 5.95 Å². The molecule has 0 aromatic carbocycles. The van der Waals surface area contributed by atoms with Gasteiger partial charge in [0.25, 0.3) is 0 Å². The number of hydrogen-bond donors (Lipinski definition) is 1. The fraction of sp³-hybridized carbons (Fsp3) is 0.545. The van der Waals surface area contributed by atoms with Crippen molar-refractivity contribution in [2.45, 2.75) is 33.6 Å². The van der Waals surface area contributed by atoms with Gasteiger partial charge < -0.3 is 10.5 Å². The summed E-state index contributed by atoms with van der Waals surface area (Å²) in [5.41, 5.74) is 8.15. The Morgan fingerprint density at radius 3 is 2.38 bits per heavy atom. The third-order valence-corrected chi connectivity index (χ3v) is 2.32. The summed E-state index contributed by atoms with van der Waals surface area (Å²) >= 11 is 0. The van der Waals surface area contributed by atoms with Crippen molar-refractivity contribution in [3.63, 3.8) is 0 Å². The van der Waals surface area contributed by atoms with Gasteiger partial charge in [-0.1, -0.05) is 0 Å². The van der Waals surface area contributed by atoms with E-state index in [9.17, 15) is 4.79 Å². The van der Waals surface area contributed by atoms with Gasteiger partial charge in [0.2, 0.25) is 5.95 Å². The maximum atomic E-state index is 11.2. The molecule has 1 rings (SSSR count). The highest BCUT2D eigenvalue weighted by Crippen LogP contribution is 2.13. The van der Waals surface area contributed by atoms with Crippen molar-refractivity contribution in [1.82, 2.24) is 9.97 Å². The van der Waals surface area contributed by atoms with Crippen LogP contribution in [0.2, 0.25) is 0 Å². The smallest absolute Gasteiger partial charge is 0.306 e. The van der Waals surface area contributed by atoms with E-state index in [4.69, 9.17) is 10.5 Å². The molecule has 1 aromatic heterocycles. The molecule has 0 atom stereocenters. The van der Waals surface area contributed by atoms with Crippen molar-refractivity contribution in [2.24, 2.45) is 0 Å². The number of rotatable bonds is 4. The van der Waals surface area contributed by atoms with Crippen molar-refractivity contribution in [2.75, 3.05) is 12.3 Å². The van der Waals surface area contributed by atoms with E-state index in [1.54, 1.807) is 6.92 Å². The Bertz CT molecular complexity index is 368. The predicted octanol–water partition coefficient (Wildman–Crippen LogP) is 1.17. The number of esters is 1. The summed E-state index contributed by atoms with van der Waals surface area (Å²) < 4.78 is 4.86. The molecule has 0 bridgehead atoms. The van der Waals surface area contributed by atoms with Gasteiger partial charge >= 0.3 is 5.97 Å². The Morgan fingerprint density at radius 2 is 1.88 bits per heavy atom. The van der Waals surface area contributed by atoms with Crippen LogP contribution >= 0.6 is 0 Å². The number of hydrogen-bond acceptors (Lipinski definition) is 5. The molecule has 0 aliphatic heterocycles. The molecule has 0 saturated carbocycles. The minimum Gasteiger partial charge on any atom is -0.466 e. The molecule has 0 aliphatic carbocycles. The Labute approximate surface area is 95.0 Å². The first-order chi connectivity index (χ1) is 7.54. The van der Waals surface area contributed by atoms with E-state index in [1.165, 1.54) is 0 Å². The second-order valence-electron chi connectivity index (χ2n) is 3.54. The van der Waals surface area contributed by atoms with Crippen LogP contribution in [-0.4, -0.2) is 22.5 Å². The maximum Gasteiger partial charge on any atom is 0.306 e. The minimum atomic E-state index is -0.196. The van der Waals surface area contributed by atoms with Gasteiger partial charge in [-0.05, 0) is 32.8 Å². The lowest BCUT2D eigenvalue weighted by molar-refractivity contribution is -0.143. The van der Waals surface area contributed by atoms with Crippen molar-refractivity contribution in [1.29, 1.82) is 0 Å². The normalized spacial score (nSPS) is 10.2. The van der Waals surface area contributed by atoms with Crippen LogP contribution in [0, 0.1) is 13.8 Å². The lowest BCUT2D eigenvalue weighted by Crippen LogP contribution is -2.09. The first-order valence-electron chi connectivity index (χ1n) is 5.29. The van der Waals surface area contributed by atoms with E-state index in [0.29, 0.717) is 19.4 Å². The molecule has 0 unspecified atom stereocenters. The van der Waals surface area contributed by atoms with E-state index in [-0.39, 0.29) is 11.9 Å². The van der Waals surface area contributed by atoms with Crippen LogP contribution in [0.25, 0.3) is 0 Å². The zero-order valence-electron chi connectivity index (χ0n) is 9.91. The molecule has 1 aromatic rings. The number of aryl methyl sites for hydroxylation is 2. The summed E-state index contributed by atoms with van der Waals surface area (Å²) in [7, 11) is 0. The van der Waals surface area contributed by atoms with Crippen LogP contribution in [0.3, 0.4) is 0 Å². The second kappa shape index (κ2) is 5.44. The van der Waals surface area contributed by atoms with Gasteiger partial charge in [0.15, 0.2) is 0 Å². The first-order valence-corrected chi connectivity index (χ1v) is 5.29. The minimum absolute atomic E-state index is 0.196. The molecule has 16 heavy (non-hydrogen) atoms. The number of anilines is 1. The molecule has 0 spiro atoms. The van der Waals surface area contributed by atoms with Gasteiger partial charge in [-0.15, -0.1) is 0 Å². The maximum absolute atomic E-state index is 11.2. The number of nitrogen functional groups attached to an aromatic ring is 1. The predicted molar refractivity (Wildman–Crippen MR) is 60.9 cm³/mol. The third kappa shape index (κ3) is 3.18.